The van der Waals surface area contributed by atoms with Crippen LogP contribution in [0.4, 0.5) is 5.69 Å². The number of nitrogens with one attached hydrogen (secondary N) is 1. The third-order valence-corrected chi connectivity index (χ3v) is 5.36. The minimum absolute atomic E-state index is 0.0929. The average molecular weight is 339 g/mol. The van der Waals surface area contributed by atoms with Gasteiger partial charge in [-0.15, -0.1) is 0 Å². The number of hydrogen-bond donors (Lipinski definition) is 1. The molecular formula is C20H25N3O2. The lowest BCUT2D eigenvalue weighted by atomic mass is 9.95. The minimum atomic E-state index is -0.0929. The molecule has 0 unspecified atom stereocenters. The largest absolute Gasteiger partial charge is 0.371 e. The van der Waals surface area contributed by atoms with Crippen molar-refractivity contribution >= 4 is 11.6 Å². The molecule has 132 valence electrons. The normalized spacial score (nSPS) is 18.0. The molecule has 1 aliphatic heterocycles. The number of hydrogen-bond acceptors (Lipinski definition) is 4. The Balaban J connectivity index is 1.35. The first-order valence-electron chi connectivity index (χ1n) is 9.30. The molecule has 5 heteroatoms. The van der Waals surface area contributed by atoms with Crippen molar-refractivity contribution in [1.82, 2.24) is 10.5 Å². The Labute approximate surface area is 148 Å². The Kier molecular flexibility index (Phi) is 4.47. The maximum atomic E-state index is 12.6. The molecule has 5 nitrogen and oxygen atoms in total. The molecule has 0 bridgehead atoms. The van der Waals surface area contributed by atoms with Gasteiger partial charge in [-0.2, -0.15) is 0 Å². The van der Waals surface area contributed by atoms with Gasteiger partial charge in [0.2, 0.25) is 5.76 Å². The van der Waals surface area contributed by atoms with Gasteiger partial charge in [-0.25, -0.2) is 0 Å². The van der Waals surface area contributed by atoms with Crippen molar-refractivity contribution < 1.29 is 9.32 Å². The number of aryl methyl sites for hydroxylation is 2. The van der Waals surface area contributed by atoms with Gasteiger partial charge in [0.1, 0.15) is 0 Å². The van der Waals surface area contributed by atoms with Crippen molar-refractivity contribution in [2.45, 2.75) is 51.5 Å². The Morgan fingerprint density at radius 2 is 2.04 bits per heavy atom. The Hall–Kier alpha value is -2.30. The van der Waals surface area contributed by atoms with E-state index < -0.39 is 0 Å². The summed E-state index contributed by atoms with van der Waals surface area (Å²) in [4.78, 5) is 15.0. The number of carbonyl (C=O) groups is 1. The smallest absolute Gasteiger partial charge is 0.290 e. The topological polar surface area (TPSA) is 58.4 Å². The van der Waals surface area contributed by atoms with E-state index in [2.05, 4.69) is 46.6 Å². The Morgan fingerprint density at radius 3 is 2.84 bits per heavy atom. The predicted molar refractivity (Wildman–Crippen MR) is 97.0 cm³/mol. The molecule has 1 aliphatic carbocycles. The summed E-state index contributed by atoms with van der Waals surface area (Å²) in [6.07, 6.45) is 6.00. The van der Waals surface area contributed by atoms with Crippen molar-refractivity contribution in [1.29, 1.82) is 0 Å². The van der Waals surface area contributed by atoms with E-state index in [-0.39, 0.29) is 11.9 Å². The van der Waals surface area contributed by atoms with Crippen LogP contribution in [0.3, 0.4) is 0 Å². The van der Waals surface area contributed by atoms with Gasteiger partial charge in [-0.05, 0) is 63.1 Å². The van der Waals surface area contributed by atoms with Crippen LogP contribution in [-0.4, -0.2) is 30.2 Å². The van der Waals surface area contributed by atoms with Crippen LogP contribution >= 0.6 is 0 Å². The fraction of sp³-hybridized carbons (Fsp3) is 0.500. The third kappa shape index (κ3) is 3.41. The van der Waals surface area contributed by atoms with E-state index in [9.17, 15) is 4.79 Å². The molecule has 2 heterocycles. The van der Waals surface area contributed by atoms with Gasteiger partial charge < -0.3 is 14.7 Å². The number of benzene rings is 1. The highest BCUT2D eigenvalue weighted by Crippen LogP contribution is 2.25. The molecule has 2 aromatic rings. The molecule has 0 radical (unpaired) electrons. The molecule has 4 rings (SSSR count). The first kappa shape index (κ1) is 16.2. The van der Waals surface area contributed by atoms with E-state index in [0.29, 0.717) is 5.76 Å². The number of amides is 1. The van der Waals surface area contributed by atoms with E-state index in [1.165, 1.54) is 11.3 Å². The zero-order chi connectivity index (χ0) is 17.2. The Bertz CT molecular complexity index is 760. The number of fused-ring (bicyclic) bond motifs is 1. The molecule has 0 spiro atoms. The summed E-state index contributed by atoms with van der Waals surface area (Å²) >= 11 is 0. The monoisotopic (exact) mass is 339 g/mol. The second-order valence-corrected chi connectivity index (χ2v) is 7.22. The molecule has 1 fully saturated rings. The van der Waals surface area contributed by atoms with Crippen LogP contribution < -0.4 is 10.2 Å². The van der Waals surface area contributed by atoms with Crippen molar-refractivity contribution in [3.05, 3.63) is 46.8 Å². The number of anilines is 1. The van der Waals surface area contributed by atoms with Crippen LogP contribution in [0, 0.1) is 6.92 Å². The van der Waals surface area contributed by atoms with E-state index in [1.54, 1.807) is 0 Å². The third-order valence-electron chi connectivity index (χ3n) is 5.36. The number of carbonyl (C=O) groups excluding carboxylic acids is 1. The summed E-state index contributed by atoms with van der Waals surface area (Å²) in [6.45, 7) is 4.04. The standard InChI is InChI=1S/C20H25N3O2/c1-14-5-4-6-16(13-14)23-11-9-15(10-12-23)21-20(24)19-17-7-2-3-8-18(17)22-25-19/h4-6,13,15H,2-3,7-12H2,1H3,(H,21,24). The summed E-state index contributed by atoms with van der Waals surface area (Å²) < 4.78 is 5.35. The quantitative estimate of drug-likeness (QED) is 0.932. The first-order chi connectivity index (χ1) is 12.2. The number of rotatable bonds is 3. The van der Waals surface area contributed by atoms with Crippen molar-refractivity contribution in [2.75, 3.05) is 18.0 Å². The highest BCUT2D eigenvalue weighted by atomic mass is 16.5. The highest BCUT2D eigenvalue weighted by molar-refractivity contribution is 5.93. The molecule has 2 aliphatic rings. The van der Waals surface area contributed by atoms with Gasteiger partial charge in [0.25, 0.3) is 5.91 Å². The first-order valence-corrected chi connectivity index (χ1v) is 9.30. The summed E-state index contributed by atoms with van der Waals surface area (Å²) in [7, 11) is 0. The van der Waals surface area contributed by atoms with E-state index >= 15 is 0 Å². The second-order valence-electron chi connectivity index (χ2n) is 7.22. The summed E-state index contributed by atoms with van der Waals surface area (Å²) in [5, 5.41) is 7.24. The minimum Gasteiger partial charge on any atom is -0.371 e. The van der Waals surface area contributed by atoms with Crippen LogP contribution in [-0.2, 0) is 12.8 Å². The number of nitrogens with zero attached hydrogens (tertiary/aromatic N) is 2. The lowest BCUT2D eigenvalue weighted by Gasteiger charge is -2.34. The average Bonchev–Trinajstić information content (AvgIpc) is 3.06. The van der Waals surface area contributed by atoms with Crippen LogP contribution in [0.5, 0.6) is 0 Å². The summed E-state index contributed by atoms with van der Waals surface area (Å²) in [5.74, 6) is 0.348. The maximum absolute atomic E-state index is 12.6. The highest BCUT2D eigenvalue weighted by Gasteiger charge is 2.27. The molecular weight excluding hydrogens is 314 g/mol. The lowest BCUT2D eigenvalue weighted by Crippen LogP contribution is -2.44. The van der Waals surface area contributed by atoms with Crippen molar-refractivity contribution in [3.8, 4) is 0 Å². The molecule has 1 saturated heterocycles. The molecule has 0 saturated carbocycles. The molecule has 25 heavy (non-hydrogen) atoms. The van der Waals surface area contributed by atoms with Crippen molar-refractivity contribution in [3.63, 3.8) is 0 Å². The molecule has 1 N–H and O–H groups in total. The predicted octanol–water partition coefficient (Wildman–Crippen LogP) is 3.26. The second kappa shape index (κ2) is 6.90. The van der Waals surface area contributed by atoms with Crippen LogP contribution in [0.1, 0.15) is 53.1 Å². The van der Waals surface area contributed by atoms with E-state index in [1.807, 2.05) is 0 Å². The van der Waals surface area contributed by atoms with Gasteiger partial charge in [0, 0.05) is 30.4 Å². The molecule has 1 amide bonds. The van der Waals surface area contributed by atoms with Crippen LogP contribution in [0.25, 0.3) is 0 Å². The number of piperidine rings is 1. The maximum Gasteiger partial charge on any atom is 0.290 e. The SMILES string of the molecule is Cc1cccc(N2CCC(NC(=O)c3onc4c3CCCC4)CC2)c1. The van der Waals surface area contributed by atoms with Gasteiger partial charge in [-0.1, -0.05) is 17.3 Å². The zero-order valence-electron chi connectivity index (χ0n) is 14.8. The zero-order valence-corrected chi connectivity index (χ0v) is 14.8. The van der Waals surface area contributed by atoms with Gasteiger partial charge >= 0.3 is 0 Å². The van der Waals surface area contributed by atoms with Crippen LogP contribution in [0.2, 0.25) is 0 Å². The summed E-state index contributed by atoms with van der Waals surface area (Å²) in [6, 6.07) is 8.81. The molecule has 1 aromatic carbocycles. The van der Waals surface area contributed by atoms with Gasteiger partial charge in [-0.3, -0.25) is 4.79 Å². The van der Waals surface area contributed by atoms with Gasteiger partial charge in [0.05, 0.1) is 5.69 Å². The summed E-state index contributed by atoms with van der Waals surface area (Å²) in [5.41, 5.74) is 4.56. The van der Waals surface area contributed by atoms with Crippen molar-refractivity contribution in [2.24, 2.45) is 0 Å². The molecule has 0 atom stereocenters. The van der Waals surface area contributed by atoms with Gasteiger partial charge in [0.15, 0.2) is 0 Å². The van der Waals surface area contributed by atoms with Crippen LogP contribution in [0.15, 0.2) is 28.8 Å². The number of aromatic nitrogens is 1. The van der Waals surface area contributed by atoms with E-state index in [4.69, 9.17) is 4.52 Å². The lowest BCUT2D eigenvalue weighted by molar-refractivity contribution is 0.0892. The fourth-order valence-corrected chi connectivity index (χ4v) is 3.93. The molecule has 1 aromatic heterocycles. The fourth-order valence-electron chi connectivity index (χ4n) is 3.93. The Morgan fingerprint density at radius 1 is 1.24 bits per heavy atom. The van der Waals surface area contributed by atoms with E-state index in [0.717, 1.165) is 62.9 Å².